The highest BCUT2D eigenvalue weighted by Crippen LogP contribution is 2.36. The van der Waals surface area contributed by atoms with Crippen LogP contribution in [0, 0.1) is 13.8 Å². The van der Waals surface area contributed by atoms with Crippen LogP contribution in [0.25, 0.3) is 0 Å². The van der Waals surface area contributed by atoms with Crippen LogP contribution < -0.4 is 0 Å². The molecule has 2 aliphatic heterocycles. The molecule has 180 valence electrons. The Labute approximate surface area is 186 Å². The van der Waals surface area contributed by atoms with E-state index in [0.717, 1.165) is 39.1 Å². The van der Waals surface area contributed by atoms with Gasteiger partial charge >= 0.3 is 12.1 Å². The molecule has 0 saturated carbocycles. The number of likely N-dealkylation sites (N-methyl/N-ethyl adjacent to an activating group) is 1. The van der Waals surface area contributed by atoms with Gasteiger partial charge in [-0.25, -0.2) is 4.79 Å². The number of hydrogen-bond donors (Lipinski definition) is 1. The number of carbonyl (C=O) groups is 2. The molecular weight excluding hydrogens is 429 g/mol. The van der Waals surface area contributed by atoms with Crippen molar-refractivity contribution in [3.8, 4) is 0 Å². The minimum Gasteiger partial charge on any atom is -0.475 e. The standard InChI is InChI=1S/C20H30N2O3.C2HF3O2/c1-15-5-6-16(2)17(9-15)11-22-13-20(14-22)10-18(7-8-25-20)24-12-19(23)21(3)4;3-2(4,5)1(6)7/h5-6,9,18H,7-8,10-14H2,1-4H3;(H,6,7). The Kier molecular flexibility index (Phi) is 8.67. The zero-order valence-electron chi connectivity index (χ0n) is 18.9. The maximum atomic E-state index is 11.7. The van der Waals surface area contributed by atoms with Gasteiger partial charge in [-0.1, -0.05) is 23.8 Å². The molecule has 1 unspecified atom stereocenters. The number of aryl methyl sites for hydroxylation is 2. The van der Waals surface area contributed by atoms with Crippen molar-refractivity contribution in [2.24, 2.45) is 0 Å². The van der Waals surface area contributed by atoms with E-state index in [4.69, 9.17) is 19.4 Å². The Morgan fingerprint density at radius 1 is 1.28 bits per heavy atom. The second-order valence-electron chi connectivity index (χ2n) is 8.62. The minimum absolute atomic E-state index is 0.0192. The summed E-state index contributed by atoms with van der Waals surface area (Å²) >= 11 is 0. The molecule has 2 fully saturated rings. The topological polar surface area (TPSA) is 79.3 Å². The smallest absolute Gasteiger partial charge is 0.475 e. The van der Waals surface area contributed by atoms with E-state index in [1.54, 1.807) is 19.0 Å². The lowest BCUT2D eigenvalue weighted by molar-refractivity contribution is -0.200. The van der Waals surface area contributed by atoms with Crippen LogP contribution in [0.15, 0.2) is 18.2 Å². The summed E-state index contributed by atoms with van der Waals surface area (Å²) in [7, 11) is 3.52. The molecule has 7 nitrogen and oxygen atoms in total. The van der Waals surface area contributed by atoms with E-state index in [0.29, 0.717) is 0 Å². The first-order valence-electron chi connectivity index (χ1n) is 10.4. The van der Waals surface area contributed by atoms with Gasteiger partial charge in [0.2, 0.25) is 5.91 Å². The van der Waals surface area contributed by atoms with Gasteiger partial charge in [-0.05, 0) is 31.4 Å². The van der Waals surface area contributed by atoms with Gasteiger partial charge in [-0.3, -0.25) is 9.69 Å². The average molecular weight is 460 g/mol. The Balaban J connectivity index is 0.000000451. The quantitative estimate of drug-likeness (QED) is 0.728. The Morgan fingerprint density at radius 2 is 1.91 bits per heavy atom. The van der Waals surface area contributed by atoms with Crippen LogP contribution in [0.2, 0.25) is 0 Å². The van der Waals surface area contributed by atoms with Crippen molar-refractivity contribution < 1.29 is 37.3 Å². The molecule has 32 heavy (non-hydrogen) atoms. The number of likely N-dealkylation sites (tertiary alicyclic amines) is 1. The maximum Gasteiger partial charge on any atom is 0.490 e. The third kappa shape index (κ3) is 7.46. The molecule has 0 aliphatic carbocycles. The molecule has 0 bridgehead atoms. The summed E-state index contributed by atoms with van der Waals surface area (Å²) < 4.78 is 43.7. The van der Waals surface area contributed by atoms with E-state index < -0.39 is 12.1 Å². The molecule has 1 spiro atoms. The number of nitrogens with zero attached hydrogens (tertiary/aromatic N) is 2. The van der Waals surface area contributed by atoms with Gasteiger partial charge in [0.15, 0.2) is 0 Å². The van der Waals surface area contributed by atoms with Crippen molar-refractivity contribution in [1.29, 1.82) is 0 Å². The molecule has 1 N–H and O–H groups in total. The zero-order chi connectivity index (χ0) is 24.1. The molecule has 1 amide bonds. The van der Waals surface area contributed by atoms with Crippen LogP contribution in [0.5, 0.6) is 0 Å². The summed E-state index contributed by atoms with van der Waals surface area (Å²) in [5.74, 6) is -2.74. The number of rotatable bonds is 5. The van der Waals surface area contributed by atoms with Crippen LogP contribution >= 0.6 is 0 Å². The highest BCUT2D eigenvalue weighted by atomic mass is 19.4. The van der Waals surface area contributed by atoms with E-state index in [2.05, 4.69) is 36.9 Å². The van der Waals surface area contributed by atoms with Gasteiger partial charge in [-0.15, -0.1) is 0 Å². The lowest BCUT2D eigenvalue weighted by atomic mass is 9.84. The second kappa shape index (κ2) is 10.6. The molecule has 0 aromatic heterocycles. The molecule has 2 heterocycles. The van der Waals surface area contributed by atoms with Gasteiger partial charge in [0.1, 0.15) is 6.61 Å². The maximum absolute atomic E-state index is 11.7. The van der Waals surface area contributed by atoms with Crippen LogP contribution in [0.4, 0.5) is 13.2 Å². The zero-order valence-corrected chi connectivity index (χ0v) is 18.9. The molecule has 1 atom stereocenters. The monoisotopic (exact) mass is 460 g/mol. The van der Waals surface area contributed by atoms with E-state index in [1.165, 1.54) is 16.7 Å². The summed E-state index contributed by atoms with van der Waals surface area (Å²) in [5.41, 5.74) is 3.97. The summed E-state index contributed by atoms with van der Waals surface area (Å²) in [6.45, 7) is 8.07. The summed E-state index contributed by atoms with van der Waals surface area (Å²) in [5, 5.41) is 7.12. The highest BCUT2D eigenvalue weighted by molar-refractivity contribution is 5.76. The Hall–Kier alpha value is -2.17. The third-order valence-electron chi connectivity index (χ3n) is 5.55. The number of halogens is 3. The van der Waals surface area contributed by atoms with Crippen LogP contribution in [-0.2, 0) is 25.6 Å². The van der Waals surface area contributed by atoms with Crippen LogP contribution in [0.1, 0.15) is 29.5 Å². The number of carbonyl (C=O) groups excluding carboxylic acids is 1. The van der Waals surface area contributed by atoms with Gasteiger partial charge in [0.25, 0.3) is 0 Å². The number of aliphatic carboxylic acids is 1. The molecule has 3 rings (SSSR count). The van der Waals surface area contributed by atoms with Crippen molar-refractivity contribution in [2.75, 3.05) is 40.4 Å². The van der Waals surface area contributed by atoms with Crippen molar-refractivity contribution in [3.05, 3.63) is 34.9 Å². The molecule has 0 radical (unpaired) electrons. The molecule has 2 aliphatic rings. The number of ether oxygens (including phenoxy) is 2. The minimum atomic E-state index is -5.08. The summed E-state index contributed by atoms with van der Waals surface area (Å²) in [6.07, 6.45) is -3.20. The van der Waals surface area contributed by atoms with Gasteiger partial charge in [-0.2, -0.15) is 13.2 Å². The number of alkyl halides is 3. The second-order valence-corrected chi connectivity index (χ2v) is 8.62. The average Bonchev–Trinajstić information content (AvgIpc) is 2.67. The van der Waals surface area contributed by atoms with E-state index in [9.17, 15) is 18.0 Å². The SMILES string of the molecule is Cc1ccc(C)c(CN2CC3(CC(OCC(=O)N(C)C)CCO3)C2)c1.O=C(O)C(F)(F)F. The number of amides is 1. The lowest BCUT2D eigenvalue weighted by Gasteiger charge is -2.53. The largest absolute Gasteiger partial charge is 0.490 e. The summed E-state index contributed by atoms with van der Waals surface area (Å²) in [6, 6.07) is 6.64. The lowest BCUT2D eigenvalue weighted by Crippen LogP contribution is -2.65. The van der Waals surface area contributed by atoms with Crippen molar-refractivity contribution >= 4 is 11.9 Å². The first kappa shape index (κ1) is 26.1. The predicted octanol–water partition coefficient (Wildman–Crippen LogP) is 2.77. The van der Waals surface area contributed by atoms with Gasteiger partial charge in [0.05, 0.1) is 11.7 Å². The first-order valence-corrected chi connectivity index (χ1v) is 10.4. The fourth-order valence-electron chi connectivity index (χ4n) is 3.76. The fourth-order valence-corrected chi connectivity index (χ4v) is 3.76. The summed E-state index contributed by atoms with van der Waals surface area (Å²) in [4.78, 5) is 24.6. The number of hydrogen-bond acceptors (Lipinski definition) is 5. The highest BCUT2D eigenvalue weighted by Gasteiger charge is 2.47. The Bertz CT molecular complexity index is 807. The normalized spacial score (nSPS) is 20.2. The molecular formula is C22H31F3N2O5. The van der Waals surface area contributed by atoms with Crippen molar-refractivity contribution in [2.45, 2.75) is 51.1 Å². The van der Waals surface area contributed by atoms with Gasteiger partial charge in [0, 0.05) is 46.8 Å². The fraction of sp³-hybridized carbons (Fsp3) is 0.636. The number of benzene rings is 1. The van der Waals surface area contributed by atoms with Gasteiger partial charge < -0.3 is 19.5 Å². The van der Waals surface area contributed by atoms with E-state index in [-0.39, 0.29) is 24.2 Å². The molecule has 1 aromatic carbocycles. The first-order chi connectivity index (χ1) is 14.8. The van der Waals surface area contributed by atoms with E-state index >= 15 is 0 Å². The molecule has 2 saturated heterocycles. The van der Waals surface area contributed by atoms with E-state index in [1.807, 2.05) is 0 Å². The molecule has 1 aromatic rings. The van der Waals surface area contributed by atoms with Crippen LogP contribution in [0.3, 0.4) is 0 Å². The molecule has 10 heteroatoms. The predicted molar refractivity (Wildman–Crippen MR) is 111 cm³/mol. The van der Waals surface area contributed by atoms with Crippen molar-refractivity contribution in [1.82, 2.24) is 9.80 Å². The Morgan fingerprint density at radius 3 is 2.47 bits per heavy atom. The number of carboxylic acid groups (broad SMARTS) is 1. The van der Waals surface area contributed by atoms with Crippen LogP contribution in [-0.4, -0.2) is 85.1 Å². The van der Waals surface area contributed by atoms with Crippen molar-refractivity contribution in [3.63, 3.8) is 0 Å². The third-order valence-corrected chi connectivity index (χ3v) is 5.55. The number of carboxylic acids is 1.